The van der Waals surface area contributed by atoms with Gasteiger partial charge in [-0.2, -0.15) is 5.10 Å². The number of aromatic amines is 1. The van der Waals surface area contributed by atoms with Gasteiger partial charge in [0.05, 0.1) is 6.54 Å². The number of carbonyl (C=O) groups is 1. The average Bonchev–Trinajstić information content (AvgIpc) is 3.21. The number of H-pyrrole nitrogens is 1. The maximum atomic E-state index is 12.1. The number of rotatable bonds is 6. The molecule has 0 aliphatic carbocycles. The van der Waals surface area contributed by atoms with Crippen molar-refractivity contribution in [1.29, 1.82) is 0 Å². The molecule has 3 rings (SSSR count). The Bertz CT molecular complexity index is 925. The molecule has 2 heterocycles. The molecule has 1 amide bonds. The Kier molecular flexibility index (Phi) is 5.05. The van der Waals surface area contributed by atoms with Gasteiger partial charge in [-0.3, -0.25) is 14.7 Å². The summed E-state index contributed by atoms with van der Waals surface area (Å²) in [6, 6.07) is 7.22. The van der Waals surface area contributed by atoms with E-state index in [1.165, 1.54) is 0 Å². The zero-order valence-corrected chi connectivity index (χ0v) is 14.5. The fourth-order valence-corrected chi connectivity index (χ4v) is 3.09. The van der Waals surface area contributed by atoms with Crippen LogP contribution >= 0.6 is 11.3 Å². The van der Waals surface area contributed by atoms with Crippen molar-refractivity contribution in [2.75, 3.05) is 5.32 Å². The fourth-order valence-electron chi connectivity index (χ4n) is 2.33. The van der Waals surface area contributed by atoms with Crippen molar-refractivity contribution in [3.05, 3.63) is 50.8 Å². The first kappa shape index (κ1) is 17.1. The smallest absolute Gasteiger partial charge is 0.307 e. The van der Waals surface area contributed by atoms with Gasteiger partial charge in [0, 0.05) is 35.3 Å². The predicted molar refractivity (Wildman–Crippen MR) is 96.3 cm³/mol. The van der Waals surface area contributed by atoms with Crippen LogP contribution in [0.4, 0.5) is 5.69 Å². The Balaban J connectivity index is 1.59. The molecule has 0 saturated heterocycles. The molecule has 8 nitrogen and oxygen atoms in total. The minimum atomic E-state index is -0.145. The van der Waals surface area contributed by atoms with Crippen LogP contribution in [0.2, 0.25) is 0 Å². The van der Waals surface area contributed by atoms with Gasteiger partial charge in [-0.1, -0.05) is 11.3 Å². The van der Waals surface area contributed by atoms with Crippen LogP contribution in [0, 0.1) is 6.92 Å². The SMILES string of the molecule is Cc1csc(=O)n1CCC(=O)Nc1ccc(-c2n[nH]c(CN)n2)cc1. The molecule has 0 aliphatic rings. The van der Waals surface area contributed by atoms with Crippen LogP contribution < -0.4 is 15.9 Å². The number of anilines is 1. The van der Waals surface area contributed by atoms with E-state index in [-0.39, 0.29) is 17.2 Å². The average molecular weight is 358 g/mol. The molecule has 0 aliphatic heterocycles. The van der Waals surface area contributed by atoms with Gasteiger partial charge >= 0.3 is 4.87 Å². The number of aryl methyl sites for hydroxylation is 1. The Labute approximate surface area is 147 Å². The summed E-state index contributed by atoms with van der Waals surface area (Å²) in [5.74, 6) is 1.03. The highest BCUT2D eigenvalue weighted by molar-refractivity contribution is 7.07. The predicted octanol–water partition coefficient (Wildman–Crippen LogP) is 1.49. The summed E-state index contributed by atoms with van der Waals surface area (Å²) in [5, 5.41) is 11.5. The summed E-state index contributed by atoms with van der Waals surface area (Å²) >= 11 is 1.14. The normalized spacial score (nSPS) is 10.8. The van der Waals surface area contributed by atoms with Gasteiger partial charge < -0.3 is 15.6 Å². The lowest BCUT2D eigenvalue weighted by Gasteiger charge is -2.07. The molecule has 0 fully saturated rings. The first-order valence-corrected chi connectivity index (χ1v) is 8.61. The summed E-state index contributed by atoms with van der Waals surface area (Å²) in [6.45, 7) is 2.53. The zero-order valence-electron chi connectivity index (χ0n) is 13.7. The zero-order chi connectivity index (χ0) is 17.8. The van der Waals surface area contributed by atoms with E-state index >= 15 is 0 Å². The Morgan fingerprint density at radius 1 is 1.36 bits per heavy atom. The summed E-state index contributed by atoms with van der Waals surface area (Å²) in [4.78, 5) is 27.9. The van der Waals surface area contributed by atoms with E-state index in [0.717, 1.165) is 22.6 Å². The van der Waals surface area contributed by atoms with Crippen LogP contribution in [0.15, 0.2) is 34.4 Å². The first-order chi connectivity index (χ1) is 12.1. The van der Waals surface area contributed by atoms with Gasteiger partial charge in [0.25, 0.3) is 0 Å². The van der Waals surface area contributed by atoms with Crippen LogP contribution in [0.3, 0.4) is 0 Å². The highest BCUT2D eigenvalue weighted by Gasteiger charge is 2.08. The van der Waals surface area contributed by atoms with Gasteiger partial charge in [-0.05, 0) is 31.2 Å². The number of nitrogens with zero attached hydrogens (tertiary/aromatic N) is 3. The standard InChI is InChI=1S/C16H18N6O2S/c1-10-9-25-16(24)22(10)7-6-14(23)18-12-4-2-11(3-5-12)15-19-13(8-17)20-21-15/h2-5,9H,6-8,17H2,1H3,(H,18,23)(H,19,20,21). The molecule has 2 aromatic heterocycles. The van der Waals surface area contributed by atoms with E-state index in [2.05, 4.69) is 20.5 Å². The number of carbonyl (C=O) groups excluding carboxylic acids is 1. The highest BCUT2D eigenvalue weighted by Crippen LogP contribution is 2.18. The Hall–Kier alpha value is -2.78. The number of amides is 1. The van der Waals surface area contributed by atoms with Crippen molar-refractivity contribution in [2.24, 2.45) is 5.73 Å². The van der Waals surface area contributed by atoms with Crippen molar-refractivity contribution in [2.45, 2.75) is 26.4 Å². The van der Waals surface area contributed by atoms with E-state index in [1.807, 2.05) is 19.1 Å². The summed E-state index contributed by atoms with van der Waals surface area (Å²) < 4.78 is 1.60. The van der Waals surface area contributed by atoms with Crippen LogP contribution in [0.1, 0.15) is 17.9 Å². The second-order valence-electron chi connectivity index (χ2n) is 5.48. The topological polar surface area (TPSA) is 119 Å². The van der Waals surface area contributed by atoms with E-state index < -0.39 is 0 Å². The highest BCUT2D eigenvalue weighted by atomic mass is 32.1. The molecular weight excluding hydrogens is 340 g/mol. The Morgan fingerprint density at radius 2 is 2.12 bits per heavy atom. The third-order valence-electron chi connectivity index (χ3n) is 3.69. The molecule has 0 atom stereocenters. The van der Waals surface area contributed by atoms with Gasteiger partial charge in [-0.25, -0.2) is 4.98 Å². The van der Waals surface area contributed by atoms with Crippen molar-refractivity contribution in [1.82, 2.24) is 19.7 Å². The summed E-state index contributed by atoms with van der Waals surface area (Å²) in [5.41, 5.74) is 7.88. The number of hydrogen-bond donors (Lipinski definition) is 3. The molecule has 0 bridgehead atoms. The summed E-state index contributed by atoms with van der Waals surface area (Å²) in [6.07, 6.45) is 0.236. The molecule has 130 valence electrons. The minimum absolute atomic E-state index is 0.0435. The Morgan fingerprint density at radius 3 is 2.72 bits per heavy atom. The molecule has 3 aromatic rings. The molecule has 4 N–H and O–H groups in total. The first-order valence-electron chi connectivity index (χ1n) is 7.73. The van der Waals surface area contributed by atoms with Gasteiger partial charge in [0.15, 0.2) is 5.82 Å². The van der Waals surface area contributed by atoms with Crippen LogP contribution in [-0.2, 0) is 17.9 Å². The number of aromatic nitrogens is 4. The van der Waals surface area contributed by atoms with E-state index in [9.17, 15) is 9.59 Å². The van der Waals surface area contributed by atoms with E-state index in [4.69, 9.17) is 5.73 Å². The second-order valence-corrected chi connectivity index (χ2v) is 6.30. The monoisotopic (exact) mass is 358 g/mol. The maximum absolute atomic E-state index is 12.1. The molecule has 25 heavy (non-hydrogen) atoms. The molecule has 0 unspecified atom stereocenters. The fraction of sp³-hybridized carbons (Fsp3) is 0.250. The third kappa shape index (κ3) is 4.01. The quantitative estimate of drug-likeness (QED) is 0.617. The van der Waals surface area contributed by atoms with E-state index in [0.29, 0.717) is 30.4 Å². The van der Waals surface area contributed by atoms with E-state index in [1.54, 1.807) is 22.1 Å². The number of benzene rings is 1. The van der Waals surface area contributed by atoms with Crippen LogP contribution in [-0.4, -0.2) is 25.7 Å². The molecule has 0 radical (unpaired) electrons. The van der Waals surface area contributed by atoms with Gasteiger partial charge in [0.1, 0.15) is 5.82 Å². The minimum Gasteiger partial charge on any atom is -0.326 e. The number of nitrogens with one attached hydrogen (secondary N) is 2. The second kappa shape index (κ2) is 7.41. The molecular formula is C16H18N6O2S. The lowest BCUT2D eigenvalue weighted by molar-refractivity contribution is -0.116. The van der Waals surface area contributed by atoms with Gasteiger partial charge in [0.2, 0.25) is 5.91 Å². The van der Waals surface area contributed by atoms with Crippen molar-refractivity contribution < 1.29 is 4.79 Å². The van der Waals surface area contributed by atoms with Crippen LogP contribution in [0.5, 0.6) is 0 Å². The lowest BCUT2D eigenvalue weighted by Crippen LogP contribution is -2.20. The van der Waals surface area contributed by atoms with Crippen molar-refractivity contribution in [3.8, 4) is 11.4 Å². The molecule has 9 heteroatoms. The molecule has 1 aromatic carbocycles. The maximum Gasteiger partial charge on any atom is 0.307 e. The van der Waals surface area contributed by atoms with Crippen molar-refractivity contribution >= 4 is 22.9 Å². The van der Waals surface area contributed by atoms with Gasteiger partial charge in [-0.15, -0.1) is 0 Å². The number of hydrogen-bond acceptors (Lipinski definition) is 6. The molecule has 0 spiro atoms. The lowest BCUT2D eigenvalue weighted by atomic mass is 10.2. The van der Waals surface area contributed by atoms with Crippen molar-refractivity contribution in [3.63, 3.8) is 0 Å². The molecule has 0 saturated carbocycles. The largest absolute Gasteiger partial charge is 0.326 e. The van der Waals surface area contributed by atoms with Crippen LogP contribution in [0.25, 0.3) is 11.4 Å². The number of thiazole rings is 1. The third-order valence-corrected chi connectivity index (χ3v) is 4.57. The number of nitrogens with two attached hydrogens (primary N) is 1. The summed E-state index contributed by atoms with van der Waals surface area (Å²) in [7, 11) is 0.